The van der Waals surface area contributed by atoms with Gasteiger partial charge < -0.3 is 15.7 Å². The van der Waals surface area contributed by atoms with E-state index in [1.165, 1.54) is 0 Å². The van der Waals surface area contributed by atoms with Gasteiger partial charge in [-0.05, 0) is 30.9 Å². The van der Waals surface area contributed by atoms with Gasteiger partial charge in [0, 0.05) is 25.9 Å². The van der Waals surface area contributed by atoms with Gasteiger partial charge in [0.2, 0.25) is 0 Å². The van der Waals surface area contributed by atoms with Gasteiger partial charge in [0.1, 0.15) is 11.7 Å². The molecule has 2 rings (SSSR count). The Kier molecular flexibility index (Phi) is 3.58. The summed E-state index contributed by atoms with van der Waals surface area (Å²) in [5.74, 6) is 1.36. The highest BCUT2D eigenvalue weighted by molar-refractivity contribution is 5.99. The number of nitrogens with one attached hydrogen (secondary N) is 1. The third-order valence-corrected chi connectivity index (χ3v) is 3.20. The van der Waals surface area contributed by atoms with Crippen molar-refractivity contribution in [2.24, 2.45) is 11.7 Å². The fourth-order valence-corrected chi connectivity index (χ4v) is 2.30. The molecule has 0 bridgehead atoms. The Bertz CT molecular complexity index is 407. The zero-order valence-corrected chi connectivity index (χ0v) is 9.76. The normalized spacial score (nSPS) is 19.6. The summed E-state index contributed by atoms with van der Waals surface area (Å²) in [5.41, 5.74) is 6.24. The molecule has 1 aliphatic rings. The van der Waals surface area contributed by atoms with Crippen LogP contribution in [0.1, 0.15) is 18.4 Å². The van der Waals surface area contributed by atoms with Crippen molar-refractivity contribution in [3.8, 4) is 0 Å². The van der Waals surface area contributed by atoms with Gasteiger partial charge in [-0.15, -0.1) is 0 Å². The molecule has 0 spiro atoms. The molecule has 4 N–H and O–H groups in total. The van der Waals surface area contributed by atoms with Gasteiger partial charge >= 0.3 is 0 Å². The molecule has 5 nitrogen and oxygen atoms in total. The van der Waals surface area contributed by atoms with Gasteiger partial charge in [-0.25, -0.2) is 4.98 Å². The van der Waals surface area contributed by atoms with E-state index in [1.54, 1.807) is 12.3 Å². The first-order valence-corrected chi connectivity index (χ1v) is 5.87. The number of amidine groups is 1. The van der Waals surface area contributed by atoms with Gasteiger partial charge in [0.05, 0.1) is 5.56 Å². The molecular formula is C12H18N4O. The van der Waals surface area contributed by atoms with E-state index in [0.29, 0.717) is 11.5 Å². The number of aliphatic hydroxyl groups excluding tert-OH is 1. The molecule has 1 atom stereocenters. The fourth-order valence-electron chi connectivity index (χ4n) is 2.30. The summed E-state index contributed by atoms with van der Waals surface area (Å²) >= 11 is 0. The summed E-state index contributed by atoms with van der Waals surface area (Å²) in [6.07, 6.45) is 3.62. The minimum absolute atomic E-state index is 0.0544. The highest BCUT2D eigenvalue weighted by atomic mass is 16.3. The Morgan fingerprint density at radius 1 is 1.65 bits per heavy atom. The predicted molar refractivity (Wildman–Crippen MR) is 67.3 cm³/mol. The minimum Gasteiger partial charge on any atom is -0.396 e. The van der Waals surface area contributed by atoms with E-state index in [2.05, 4.69) is 9.88 Å². The number of aromatic nitrogens is 1. The number of pyridine rings is 1. The summed E-state index contributed by atoms with van der Waals surface area (Å²) in [6.45, 7) is 2.04. The Hall–Kier alpha value is -1.62. The molecular weight excluding hydrogens is 216 g/mol. The lowest BCUT2D eigenvalue weighted by atomic mass is 10.1. The maximum absolute atomic E-state index is 8.94. The Balaban J connectivity index is 2.16. The molecule has 0 saturated carbocycles. The number of rotatable bonds is 4. The van der Waals surface area contributed by atoms with Crippen LogP contribution in [0, 0.1) is 11.3 Å². The summed E-state index contributed by atoms with van der Waals surface area (Å²) in [6, 6.07) is 3.62. The van der Waals surface area contributed by atoms with E-state index in [9.17, 15) is 0 Å². The SMILES string of the molecule is N=C(N)c1cccnc1N1CCC(CCO)C1. The largest absolute Gasteiger partial charge is 0.396 e. The molecule has 0 aromatic carbocycles. The summed E-state index contributed by atoms with van der Waals surface area (Å²) < 4.78 is 0. The van der Waals surface area contributed by atoms with Gasteiger partial charge in [-0.2, -0.15) is 0 Å². The molecule has 0 radical (unpaired) electrons. The molecule has 1 saturated heterocycles. The first-order valence-electron chi connectivity index (χ1n) is 5.87. The zero-order chi connectivity index (χ0) is 12.3. The topological polar surface area (TPSA) is 86.2 Å². The van der Waals surface area contributed by atoms with Crippen molar-refractivity contribution < 1.29 is 5.11 Å². The zero-order valence-electron chi connectivity index (χ0n) is 9.76. The predicted octanol–water partition coefficient (Wildman–Crippen LogP) is 0.574. The average Bonchev–Trinajstić information content (AvgIpc) is 2.78. The van der Waals surface area contributed by atoms with Gasteiger partial charge in [-0.3, -0.25) is 5.41 Å². The highest BCUT2D eigenvalue weighted by Gasteiger charge is 2.24. The van der Waals surface area contributed by atoms with Crippen LogP contribution >= 0.6 is 0 Å². The van der Waals surface area contributed by atoms with Gasteiger partial charge in [0.25, 0.3) is 0 Å². The lowest BCUT2D eigenvalue weighted by Crippen LogP contribution is -2.25. The third kappa shape index (κ3) is 2.55. The average molecular weight is 234 g/mol. The number of hydrogen-bond acceptors (Lipinski definition) is 4. The van der Waals surface area contributed by atoms with Crippen molar-refractivity contribution in [3.63, 3.8) is 0 Å². The number of hydrogen-bond donors (Lipinski definition) is 3. The number of nitrogens with two attached hydrogens (primary N) is 1. The van der Waals surface area contributed by atoms with Crippen molar-refractivity contribution in [2.45, 2.75) is 12.8 Å². The number of nitrogens with zero attached hydrogens (tertiary/aromatic N) is 2. The van der Waals surface area contributed by atoms with Crippen LogP contribution < -0.4 is 10.6 Å². The van der Waals surface area contributed by atoms with E-state index in [-0.39, 0.29) is 12.4 Å². The quantitative estimate of drug-likeness (QED) is 0.525. The van der Waals surface area contributed by atoms with Crippen LogP contribution in [0.2, 0.25) is 0 Å². The molecule has 17 heavy (non-hydrogen) atoms. The Labute approximate surface area is 101 Å². The molecule has 5 heteroatoms. The van der Waals surface area contributed by atoms with E-state index in [0.717, 1.165) is 31.7 Å². The number of anilines is 1. The number of aliphatic hydroxyl groups is 1. The minimum atomic E-state index is 0.0544. The first kappa shape index (κ1) is 11.9. The maximum atomic E-state index is 8.94. The van der Waals surface area contributed by atoms with Crippen LogP contribution in [0.3, 0.4) is 0 Å². The molecule has 1 aliphatic heterocycles. The van der Waals surface area contributed by atoms with Crippen LogP contribution in [0.5, 0.6) is 0 Å². The lowest BCUT2D eigenvalue weighted by molar-refractivity contribution is 0.263. The molecule has 1 fully saturated rings. The molecule has 0 amide bonds. The highest BCUT2D eigenvalue weighted by Crippen LogP contribution is 2.26. The van der Waals surface area contributed by atoms with Crippen LogP contribution in [-0.4, -0.2) is 35.6 Å². The fraction of sp³-hybridized carbons (Fsp3) is 0.500. The van der Waals surface area contributed by atoms with E-state index >= 15 is 0 Å². The van der Waals surface area contributed by atoms with Gasteiger partial charge in [0.15, 0.2) is 0 Å². The van der Waals surface area contributed by atoms with Crippen molar-refractivity contribution in [1.29, 1.82) is 5.41 Å². The molecule has 1 aromatic heterocycles. The third-order valence-electron chi connectivity index (χ3n) is 3.20. The first-order chi connectivity index (χ1) is 8.22. The maximum Gasteiger partial charge on any atom is 0.139 e. The molecule has 1 aromatic rings. The van der Waals surface area contributed by atoms with E-state index < -0.39 is 0 Å². The molecule has 92 valence electrons. The van der Waals surface area contributed by atoms with Crippen molar-refractivity contribution >= 4 is 11.7 Å². The summed E-state index contributed by atoms with van der Waals surface area (Å²) in [5, 5.41) is 16.5. The second kappa shape index (κ2) is 5.14. The summed E-state index contributed by atoms with van der Waals surface area (Å²) in [4.78, 5) is 6.47. The van der Waals surface area contributed by atoms with Crippen molar-refractivity contribution in [3.05, 3.63) is 23.9 Å². The second-order valence-corrected chi connectivity index (χ2v) is 4.40. The lowest BCUT2D eigenvalue weighted by Gasteiger charge is -2.20. The van der Waals surface area contributed by atoms with E-state index in [1.807, 2.05) is 6.07 Å². The standard InChI is InChI=1S/C12H18N4O/c13-11(14)10-2-1-5-15-12(10)16-6-3-9(8-16)4-7-17/h1-2,5,9,17H,3-4,6-8H2,(H3,13,14). The van der Waals surface area contributed by atoms with Crippen LogP contribution in [0.25, 0.3) is 0 Å². The number of nitrogen functional groups attached to an aromatic ring is 1. The summed E-state index contributed by atoms with van der Waals surface area (Å²) in [7, 11) is 0. The molecule has 1 unspecified atom stereocenters. The smallest absolute Gasteiger partial charge is 0.139 e. The Morgan fingerprint density at radius 2 is 2.47 bits per heavy atom. The van der Waals surface area contributed by atoms with Crippen LogP contribution in [0.15, 0.2) is 18.3 Å². The molecule has 0 aliphatic carbocycles. The second-order valence-electron chi connectivity index (χ2n) is 4.40. The van der Waals surface area contributed by atoms with Crippen molar-refractivity contribution in [1.82, 2.24) is 4.98 Å². The van der Waals surface area contributed by atoms with Crippen molar-refractivity contribution in [2.75, 3.05) is 24.6 Å². The van der Waals surface area contributed by atoms with Crippen LogP contribution in [0.4, 0.5) is 5.82 Å². The monoisotopic (exact) mass is 234 g/mol. The van der Waals surface area contributed by atoms with Gasteiger partial charge in [-0.1, -0.05) is 0 Å². The Morgan fingerprint density at radius 3 is 3.18 bits per heavy atom. The van der Waals surface area contributed by atoms with E-state index in [4.69, 9.17) is 16.2 Å². The molecule has 2 heterocycles. The van der Waals surface area contributed by atoms with Crippen LogP contribution in [-0.2, 0) is 0 Å².